The Hall–Kier alpha value is -1.84. The van der Waals surface area contributed by atoms with Gasteiger partial charge in [0.15, 0.2) is 0 Å². The molecule has 1 N–H and O–H groups in total. The molecule has 0 bridgehead atoms. The molecule has 0 unspecified atom stereocenters. The highest BCUT2D eigenvalue weighted by Gasteiger charge is 2.58. The van der Waals surface area contributed by atoms with E-state index in [1.54, 1.807) is 0 Å². The predicted molar refractivity (Wildman–Crippen MR) is 86.7 cm³/mol. The molecule has 118 valence electrons. The second kappa shape index (κ2) is 5.11. The maximum absolute atomic E-state index is 13.0. The average Bonchev–Trinajstić information content (AvgIpc) is 3.26. The van der Waals surface area contributed by atoms with E-state index in [0.717, 1.165) is 18.5 Å². The first-order valence-electron chi connectivity index (χ1n) is 8.06. The summed E-state index contributed by atoms with van der Waals surface area (Å²) in [5.41, 5.74) is 1.03. The molecule has 2 aliphatic rings. The van der Waals surface area contributed by atoms with E-state index in [1.165, 1.54) is 5.56 Å². The minimum Gasteiger partial charge on any atom is -0.351 e. The van der Waals surface area contributed by atoms with Crippen LogP contribution in [0.3, 0.4) is 0 Å². The molecule has 1 saturated carbocycles. The van der Waals surface area contributed by atoms with Crippen molar-refractivity contribution < 1.29 is 9.59 Å². The highest BCUT2D eigenvalue weighted by atomic mass is 16.2. The van der Waals surface area contributed by atoms with Gasteiger partial charge in [0.2, 0.25) is 11.8 Å². The summed E-state index contributed by atoms with van der Waals surface area (Å²) in [5.74, 6) is -0.144. The molecule has 1 aliphatic carbocycles. The minimum absolute atomic E-state index is 0.0265. The average molecular weight is 300 g/mol. The zero-order chi connectivity index (χ0) is 16.0. The Morgan fingerprint density at radius 3 is 2.50 bits per heavy atom. The number of nitrogens with one attached hydrogen (secondary N) is 1. The lowest BCUT2D eigenvalue weighted by Gasteiger charge is -2.33. The molecule has 0 spiro atoms. The number of rotatable bonds is 2. The van der Waals surface area contributed by atoms with E-state index >= 15 is 0 Å². The van der Waals surface area contributed by atoms with Crippen LogP contribution in [0.2, 0.25) is 0 Å². The molecule has 1 aromatic rings. The molecule has 22 heavy (non-hydrogen) atoms. The summed E-state index contributed by atoms with van der Waals surface area (Å²) in [6.07, 6.45) is 3.28. The van der Waals surface area contributed by atoms with Crippen LogP contribution in [-0.2, 0) is 16.0 Å². The maximum Gasteiger partial charge on any atom is 0.242 e. The molecule has 0 radical (unpaired) electrons. The topological polar surface area (TPSA) is 49.4 Å². The second-order valence-electron chi connectivity index (χ2n) is 7.48. The van der Waals surface area contributed by atoms with Crippen molar-refractivity contribution in [2.75, 3.05) is 11.4 Å². The lowest BCUT2D eigenvalue weighted by molar-refractivity contribution is -0.136. The van der Waals surface area contributed by atoms with Crippen LogP contribution < -0.4 is 10.2 Å². The lowest BCUT2D eigenvalue weighted by atomic mass is 9.96. The van der Waals surface area contributed by atoms with Gasteiger partial charge in [0.05, 0.1) is 0 Å². The van der Waals surface area contributed by atoms with Gasteiger partial charge in [0.25, 0.3) is 0 Å². The van der Waals surface area contributed by atoms with Crippen LogP contribution in [-0.4, -0.2) is 23.9 Å². The number of hydrogen-bond acceptors (Lipinski definition) is 2. The van der Waals surface area contributed by atoms with Crippen LogP contribution >= 0.6 is 0 Å². The van der Waals surface area contributed by atoms with Crippen LogP contribution in [0.1, 0.15) is 45.6 Å². The van der Waals surface area contributed by atoms with Gasteiger partial charge in [-0.15, -0.1) is 0 Å². The van der Waals surface area contributed by atoms with Crippen molar-refractivity contribution in [1.82, 2.24) is 5.32 Å². The number of benzene rings is 1. The van der Waals surface area contributed by atoms with E-state index in [-0.39, 0.29) is 17.4 Å². The zero-order valence-electron chi connectivity index (χ0n) is 13.6. The summed E-state index contributed by atoms with van der Waals surface area (Å²) in [7, 11) is 0. The molecule has 0 atom stereocenters. The van der Waals surface area contributed by atoms with Gasteiger partial charge in [-0.05, 0) is 58.1 Å². The number of amides is 2. The summed E-state index contributed by atoms with van der Waals surface area (Å²) >= 11 is 0. The molecule has 3 rings (SSSR count). The number of nitrogens with zero attached hydrogens (tertiary/aromatic N) is 1. The maximum atomic E-state index is 13.0. The molecule has 4 nitrogen and oxygen atoms in total. The van der Waals surface area contributed by atoms with E-state index < -0.39 is 5.41 Å². The van der Waals surface area contributed by atoms with Crippen LogP contribution in [0.25, 0.3) is 0 Å². The molecule has 1 fully saturated rings. The SMILES string of the molecule is CC(C)(C)NC(=O)C1(C(=O)N2CCCc3ccccc32)CC1. The first-order valence-corrected chi connectivity index (χ1v) is 8.06. The smallest absolute Gasteiger partial charge is 0.242 e. The predicted octanol–water partition coefficient (Wildman–Crippen LogP) is 2.66. The van der Waals surface area contributed by atoms with Gasteiger partial charge in [-0.3, -0.25) is 9.59 Å². The molecular weight excluding hydrogens is 276 g/mol. The molecule has 0 saturated heterocycles. The monoisotopic (exact) mass is 300 g/mol. The van der Waals surface area contributed by atoms with Gasteiger partial charge < -0.3 is 10.2 Å². The summed E-state index contributed by atoms with van der Waals surface area (Å²) in [6, 6.07) is 8.03. The van der Waals surface area contributed by atoms with Crippen molar-refractivity contribution in [2.45, 2.75) is 52.0 Å². The van der Waals surface area contributed by atoms with E-state index in [4.69, 9.17) is 0 Å². The van der Waals surface area contributed by atoms with Crippen molar-refractivity contribution >= 4 is 17.5 Å². The van der Waals surface area contributed by atoms with Gasteiger partial charge in [-0.25, -0.2) is 0 Å². The van der Waals surface area contributed by atoms with Gasteiger partial charge in [0.1, 0.15) is 5.41 Å². The fraction of sp³-hybridized carbons (Fsp3) is 0.556. The third-order valence-electron chi connectivity index (χ3n) is 4.44. The third-order valence-corrected chi connectivity index (χ3v) is 4.44. The van der Waals surface area contributed by atoms with Crippen LogP contribution in [0.15, 0.2) is 24.3 Å². The Balaban J connectivity index is 1.85. The van der Waals surface area contributed by atoms with Crippen molar-refractivity contribution in [3.05, 3.63) is 29.8 Å². The van der Waals surface area contributed by atoms with Crippen molar-refractivity contribution in [3.8, 4) is 0 Å². The number of hydrogen-bond donors (Lipinski definition) is 1. The number of fused-ring (bicyclic) bond motifs is 1. The van der Waals surface area contributed by atoms with Crippen LogP contribution in [0, 0.1) is 5.41 Å². The van der Waals surface area contributed by atoms with Crippen LogP contribution in [0.5, 0.6) is 0 Å². The lowest BCUT2D eigenvalue weighted by Crippen LogP contribution is -2.51. The number of anilines is 1. The summed E-state index contributed by atoms with van der Waals surface area (Å²) in [5, 5.41) is 2.98. The molecule has 2 amide bonds. The Labute approximate surface area is 131 Å². The van der Waals surface area contributed by atoms with E-state index in [1.807, 2.05) is 43.9 Å². The van der Waals surface area contributed by atoms with E-state index in [0.29, 0.717) is 19.4 Å². The first kappa shape index (κ1) is 15.1. The van der Waals surface area contributed by atoms with Gasteiger partial charge in [-0.2, -0.15) is 0 Å². The molecule has 1 aromatic carbocycles. The fourth-order valence-corrected chi connectivity index (χ4v) is 3.13. The standard InChI is InChI=1S/C18H24N2O2/c1-17(2,3)19-15(21)18(10-11-18)16(22)20-12-6-8-13-7-4-5-9-14(13)20/h4-5,7,9H,6,8,10-12H2,1-3H3,(H,19,21). The van der Waals surface area contributed by atoms with Crippen molar-refractivity contribution in [1.29, 1.82) is 0 Å². The first-order chi connectivity index (χ1) is 10.3. The Bertz CT molecular complexity index is 612. The molecule has 4 heteroatoms. The number of carbonyl (C=O) groups excluding carboxylic acids is 2. The summed E-state index contributed by atoms with van der Waals surface area (Å²) in [4.78, 5) is 27.4. The normalized spacial score (nSPS) is 19.3. The molecular formula is C18H24N2O2. The quantitative estimate of drug-likeness (QED) is 0.854. The highest BCUT2D eigenvalue weighted by molar-refractivity contribution is 6.14. The van der Waals surface area contributed by atoms with E-state index in [2.05, 4.69) is 11.4 Å². The largest absolute Gasteiger partial charge is 0.351 e. The minimum atomic E-state index is -0.836. The number of aryl methyl sites for hydroxylation is 1. The molecule has 1 aliphatic heterocycles. The van der Waals surface area contributed by atoms with Gasteiger partial charge in [0, 0.05) is 17.8 Å². The molecule has 0 aromatic heterocycles. The second-order valence-corrected chi connectivity index (χ2v) is 7.48. The number of carbonyl (C=O) groups is 2. The third kappa shape index (κ3) is 2.62. The van der Waals surface area contributed by atoms with Gasteiger partial charge >= 0.3 is 0 Å². The fourth-order valence-electron chi connectivity index (χ4n) is 3.13. The zero-order valence-corrected chi connectivity index (χ0v) is 13.6. The van der Waals surface area contributed by atoms with Crippen molar-refractivity contribution in [3.63, 3.8) is 0 Å². The molecule has 1 heterocycles. The Kier molecular flexibility index (Phi) is 3.50. The summed E-state index contributed by atoms with van der Waals surface area (Å²) < 4.78 is 0. The highest BCUT2D eigenvalue weighted by Crippen LogP contribution is 2.49. The number of para-hydroxylation sites is 1. The summed E-state index contributed by atoms with van der Waals surface area (Å²) in [6.45, 7) is 6.55. The van der Waals surface area contributed by atoms with E-state index in [9.17, 15) is 9.59 Å². The van der Waals surface area contributed by atoms with Crippen LogP contribution in [0.4, 0.5) is 5.69 Å². The van der Waals surface area contributed by atoms with Crippen molar-refractivity contribution in [2.24, 2.45) is 5.41 Å². The Morgan fingerprint density at radius 2 is 1.86 bits per heavy atom. The van der Waals surface area contributed by atoms with Gasteiger partial charge in [-0.1, -0.05) is 18.2 Å². The Morgan fingerprint density at radius 1 is 1.18 bits per heavy atom.